The monoisotopic (exact) mass is 479 g/mol. The largest absolute Gasteiger partial charge is 0.485 e. The molecule has 0 saturated carbocycles. The number of aromatic nitrogens is 2. The number of rotatable bonds is 8. The van der Waals surface area contributed by atoms with E-state index in [9.17, 15) is 9.18 Å². The van der Waals surface area contributed by atoms with Gasteiger partial charge in [-0.1, -0.05) is 48.5 Å². The van der Waals surface area contributed by atoms with Crippen molar-refractivity contribution in [3.63, 3.8) is 0 Å². The normalized spacial score (nSPS) is 10.6. The molecule has 6 nitrogen and oxygen atoms in total. The summed E-state index contributed by atoms with van der Waals surface area (Å²) in [6.07, 6.45) is 1.61. The highest BCUT2D eigenvalue weighted by Gasteiger charge is 2.20. The highest BCUT2D eigenvalue weighted by molar-refractivity contribution is 6.04. The van der Waals surface area contributed by atoms with E-state index in [2.05, 4.69) is 10.4 Å². The second-order valence-electron chi connectivity index (χ2n) is 7.93. The molecule has 4 aromatic carbocycles. The van der Waals surface area contributed by atoms with Crippen LogP contribution in [-0.4, -0.2) is 15.7 Å². The van der Waals surface area contributed by atoms with Crippen molar-refractivity contribution in [2.75, 3.05) is 5.32 Å². The number of halogens is 1. The zero-order valence-electron chi connectivity index (χ0n) is 19.2. The molecule has 0 spiro atoms. The number of para-hydroxylation sites is 1. The first-order valence-corrected chi connectivity index (χ1v) is 11.3. The number of hydrogen-bond donors (Lipinski definition) is 1. The lowest BCUT2D eigenvalue weighted by Gasteiger charge is -2.09. The van der Waals surface area contributed by atoms with Crippen molar-refractivity contribution in [2.45, 2.75) is 6.61 Å². The number of amides is 1. The van der Waals surface area contributed by atoms with Gasteiger partial charge in [0.1, 0.15) is 23.9 Å². The van der Waals surface area contributed by atoms with Gasteiger partial charge in [0, 0.05) is 5.69 Å². The Balaban J connectivity index is 1.35. The first-order chi connectivity index (χ1) is 17.6. The summed E-state index contributed by atoms with van der Waals surface area (Å²) < 4.78 is 26.6. The molecule has 0 radical (unpaired) electrons. The highest BCUT2D eigenvalue weighted by atomic mass is 19.1. The van der Waals surface area contributed by atoms with Crippen molar-refractivity contribution in [1.82, 2.24) is 9.78 Å². The van der Waals surface area contributed by atoms with Gasteiger partial charge in [0.05, 0.1) is 11.9 Å². The van der Waals surface area contributed by atoms with Crippen LogP contribution in [0.3, 0.4) is 0 Å². The average molecular weight is 480 g/mol. The molecule has 0 aliphatic rings. The Morgan fingerprint density at radius 3 is 2.14 bits per heavy atom. The summed E-state index contributed by atoms with van der Waals surface area (Å²) in [4.78, 5) is 13.2. The number of anilines is 1. The summed E-state index contributed by atoms with van der Waals surface area (Å²) in [6.45, 7) is 0.266. The van der Waals surface area contributed by atoms with Gasteiger partial charge in [-0.05, 0) is 66.2 Å². The van der Waals surface area contributed by atoms with E-state index >= 15 is 0 Å². The van der Waals surface area contributed by atoms with Gasteiger partial charge in [-0.2, -0.15) is 5.10 Å². The summed E-state index contributed by atoms with van der Waals surface area (Å²) in [5.41, 5.74) is 2.24. The predicted molar refractivity (Wildman–Crippen MR) is 135 cm³/mol. The van der Waals surface area contributed by atoms with Crippen molar-refractivity contribution in [3.8, 4) is 22.9 Å². The minimum atomic E-state index is -0.435. The fourth-order valence-electron chi connectivity index (χ4n) is 3.50. The molecular formula is C29H22FN3O3. The number of benzene rings is 4. The third-order valence-corrected chi connectivity index (χ3v) is 5.32. The van der Waals surface area contributed by atoms with Gasteiger partial charge in [0.15, 0.2) is 11.4 Å². The molecule has 36 heavy (non-hydrogen) atoms. The van der Waals surface area contributed by atoms with E-state index in [1.54, 1.807) is 42.6 Å². The maximum atomic E-state index is 13.4. The molecule has 1 amide bonds. The van der Waals surface area contributed by atoms with Crippen LogP contribution in [0.4, 0.5) is 10.1 Å². The fourth-order valence-corrected chi connectivity index (χ4v) is 3.50. The molecule has 1 N–H and O–H groups in total. The zero-order chi connectivity index (χ0) is 24.7. The Labute approximate surface area is 207 Å². The van der Waals surface area contributed by atoms with E-state index in [1.165, 1.54) is 16.8 Å². The van der Waals surface area contributed by atoms with Crippen LogP contribution in [0.25, 0.3) is 5.69 Å². The third-order valence-electron chi connectivity index (χ3n) is 5.32. The van der Waals surface area contributed by atoms with Gasteiger partial charge in [-0.15, -0.1) is 0 Å². The van der Waals surface area contributed by atoms with Gasteiger partial charge < -0.3 is 14.8 Å². The van der Waals surface area contributed by atoms with Crippen molar-refractivity contribution in [1.29, 1.82) is 0 Å². The summed E-state index contributed by atoms with van der Waals surface area (Å²) in [5, 5.41) is 7.28. The fraction of sp³-hybridized carbons (Fsp3) is 0.0345. The van der Waals surface area contributed by atoms with Crippen LogP contribution >= 0.6 is 0 Å². The van der Waals surface area contributed by atoms with Crippen LogP contribution in [0.15, 0.2) is 115 Å². The molecule has 1 aromatic heterocycles. The summed E-state index contributed by atoms with van der Waals surface area (Å²) in [6, 6.07) is 31.9. The maximum absolute atomic E-state index is 13.4. The molecule has 7 heteroatoms. The van der Waals surface area contributed by atoms with Crippen LogP contribution in [0.1, 0.15) is 16.1 Å². The van der Waals surface area contributed by atoms with E-state index in [-0.39, 0.29) is 18.1 Å². The van der Waals surface area contributed by atoms with E-state index in [0.29, 0.717) is 22.9 Å². The molecule has 5 rings (SSSR count). The lowest BCUT2D eigenvalue weighted by atomic mass is 10.2. The standard InChI is InChI=1S/C29H22FN3O3/c30-22-11-15-24(16-12-22)33-19-27(35-20-21-7-3-1-4-8-21)28(32-33)29(34)31-23-13-17-26(18-14-23)36-25-9-5-2-6-10-25/h1-19H,20H2,(H,31,34). The maximum Gasteiger partial charge on any atom is 0.280 e. The molecule has 0 atom stereocenters. The first-order valence-electron chi connectivity index (χ1n) is 11.3. The average Bonchev–Trinajstić information content (AvgIpc) is 3.35. The molecule has 0 bridgehead atoms. The second kappa shape index (κ2) is 10.6. The van der Waals surface area contributed by atoms with E-state index < -0.39 is 5.91 Å². The lowest BCUT2D eigenvalue weighted by Crippen LogP contribution is -2.14. The topological polar surface area (TPSA) is 65.4 Å². The van der Waals surface area contributed by atoms with E-state index in [0.717, 1.165) is 11.3 Å². The number of carbonyl (C=O) groups is 1. The zero-order valence-corrected chi connectivity index (χ0v) is 19.2. The molecule has 0 fully saturated rings. The lowest BCUT2D eigenvalue weighted by molar-refractivity contribution is 0.101. The molecule has 1 heterocycles. The van der Waals surface area contributed by atoms with Gasteiger partial charge in [0.2, 0.25) is 0 Å². The molecule has 178 valence electrons. The Kier molecular flexibility index (Phi) is 6.71. The Morgan fingerprint density at radius 1 is 0.806 bits per heavy atom. The first kappa shape index (κ1) is 22.9. The Hall–Kier alpha value is -4.91. The van der Waals surface area contributed by atoms with Gasteiger partial charge in [0.25, 0.3) is 5.91 Å². The van der Waals surface area contributed by atoms with Crippen LogP contribution in [0.5, 0.6) is 17.2 Å². The number of hydrogen-bond acceptors (Lipinski definition) is 4. The second-order valence-corrected chi connectivity index (χ2v) is 7.93. The molecule has 5 aromatic rings. The molecule has 0 saturated heterocycles. The van der Waals surface area contributed by atoms with E-state index in [4.69, 9.17) is 9.47 Å². The third kappa shape index (κ3) is 5.59. The summed E-state index contributed by atoms with van der Waals surface area (Å²) >= 11 is 0. The quantitative estimate of drug-likeness (QED) is 0.271. The smallest absolute Gasteiger partial charge is 0.280 e. The van der Waals surface area contributed by atoms with Crippen molar-refractivity contribution >= 4 is 11.6 Å². The molecule has 0 aliphatic carbocycles. The molecule has 0 aliphatic heterocycles. The molecular weight excluding hydrogens is 457 g/mol. The van der Waals surface area contributed by atoms with Gasteiger partial charge >= 0.3 is 0 Å². The van der Waals surface area contributed by atoms with Crippen LogP contribution in [-0.2, 0) is 6.61 Å². The summed E-state index contributed by atoms with van der Waals surface area (Å²) in [5.74, 6) is 0.886. The van der Waals surface area contributed by atoms with Crippen LogP contribution in [0, 0.1) is 5.82 Å². The number of nitrogens with zero attached hydrogens (tertiary/aromatic N) is 2. The van der Waals surface area contributed by atoms with Crippen molar-refractivity contribution in [3.05, 3.63) is 132 Å². The van der Waals surface area contributed by atoms with Gasteiger partial charge in [-0.3, -0.25) is 4.79 Å². The number of carbonyl (C=O) groups excluding carboxylic acids is 1. The number of ether oxygens (including phenoxy) is 2. The van der Waals surface area contributed by atoms with Gasteiger partial charge in [-0.25, -0.2) is 9.07 Å². The van der Waals surface area contributed by atoms with Crippen LogP contribution in [0.2, 0.25) is 0 Å². The number of nitrogens with one attached hydrogen (secondary N) is 1. The Bertz CT molecular complexity index is 1440. The highest BCUT2D eigenvalue weighted by Crippen LogP contribution is 2.25. The SMILES string of the molecule is O=C(Nc1ccc(Oc2ccccc2)cc1)c1nn(-c2ccc(F)cc2)cc1OCc1ccccc1. The Morgan fingerprint density at radius 2 is 1.44 bits per heavy atom. The van der Waals surface area contributed by atoms with Crippen molar-refractivity contribution in [2.24, 2.45) is 0 Å². The van der Waals surface area contributed by atoms with Crippen LogP contribution < -0.4 is 14.8 Å². The van der Waals surface area contributed by atoms with Crippen molar-refractivity contribution < 1.29 is 18.7 Å². The molecule has 0 unspecified atom stereocenters. The summed E-state index contributed by atoms with van der Waals surface area (Å²) in [7, 11) is 0. The van der Waals surface area contributed by atoms with E-state index in [1.807, 2.05) is 60.7 Å². The predicted octanol–water partition coefficient (Wildman–Crippen LogP) is 6.64. The minimum absolute atomic E-state index is 0.111. The minimum Gasteiger partial charge on any atom is -0.485 e.